The van der Waals surface area contributed by atoms with Crippen molar-refractivity contribution in [3.05, 3.63) is 0 Å². The van der Waals surface area contributed by atoms with Crippen molar-refractivity contribution in [2.45, 2.75) is 46.1 Å². The molecule has 0 rings (SSSR count). The average Bonchev–Trinajstić information content (AvgIpc) is 2.21. The molecule has 0 saturated carbocycles. The van der Waals surface area contributed by atoms with E-state index >= 15 is 0 Å². The van der Waals surface area contributed by atoms with Gasteiger partial charge in [-0.25, -0.2) is 0 Å². The molecule has 0 aromatic carbocycles. The van der Waals surface area contributed by atoms with Gasteiger partial charge in [0, 0.05) is 6.42 Å². The number of unbranched alkanes of at least 4 members (excludes halogenated alkanes) is 1. The first-order chi connectivity index (χ1) is 6.99. The molecule has 0 spiro atoms. The van der Waals surface area contributed by atoms with E-state index in [9.17, 15) is 9.59 Å². The van der Waals surface area contributed by atoms with Gasteiger partial charge in [0.1, 0.15) is 0 Å². The summed E-state index contributed by atoms with van der Waals surface area (Å²) in [5.74, 6) is -0.478. The van der Waals surface area contributed by atoms with Crippen LogP contribution in [0.5, 0.6) is 0 Å². The Morgan fingerprint density at radius 1 is 1.27 bits per heavy atom. The lowest BCUT2D eigenvalue weighted by atomic mass is 10.1. The molecule has 0 heterocycles. The summed E-state index contributed by atoms with van der Waals surface area (Å²) >= 11 is 0. The lowest BCUT2D eigenvalue weighted by molar-refractivity contribution is -0.130. The molecule has 5 heteroatoms. The molecule has 0 aromatic heterocycles. The largest absolute Gasteiger partial charge is 0.320 e. The van der Waals surface area contributed by atoms with Gasteiger partial charge >= 0.3 is 0 Å². The second-order valence-electron chi connectivity index (χ2n) is 3.91. The Morgan fingerprint density at radius 3 is 2.33 bits per heavy atom. The summed E-state index contributed by atoms with van der Waals surface area (Å²) in [7, 11) is 0. The molecule has 0 aliphatic carbocycles. The average molecular weight is 215 g/mol. The van der Waals surface area contributed by atoms with Gasteiger partial charge in [0.25, 0.3) is 5.91 Å². The Bertz CT molecular complexity index is 217. The highest BCUT2D eigenvalue weighted by Gasteiger charge is 2.17. The van der Waals surface area contributed by atoms with Gasteiger partial charge in [-0.1, -0.05) is 27.2 Å². The molecule has 0 aromatic rings. The third-order valence-electron chi connectivity index (χ3n) is 2.10. The lowest BCUT2D eigenvalue weighted by Gasteiger charge is -2.15. The Morgan fingerprint density at radius 2 is 1.87 bits per heavy atom. The molecule has 0 unspecified atom stereocenters. The number of hydrogen-bond donors (Lipinski definition) is 3. The third kappa shape index (κ3) is 6.06. The molecule has 4 N–H and O–H groups in total. The molecule has 0 aliphatic rings. The number of carbonyl (C=O) groups is 2. The fourth-order valence-electron chi connectivity index (χ4n) is 0.917. The number of nitrogens with one attached hydrogen (secondary N) is 2. The summed E-state index contributed by atoms with van der Waals surface area (Å²) in [6.07, 6.45) is 2.19. The van der Waals surface area contributed by atoms with Crippen LogP contribution in [0.4, 0.5) is 0 Å². The minimum atomic E-state index is -0.587. The molecule has 0 bridgehead atoms. The van der Waals surface area contributed by atoms with Crippen molar-refractivity contribution in [3.63, 3.8) is 0 Å². The van der Waals surface area contributed by atoms with E-state index < -0.39 is 6.04 Å². The highest BCUT2D eigenvalue weighted by atomic mass is 16.2. The van der Waals surface area contributed by atoms with E-state index in [2.05, 4.69) is 10.9 Å². The first-order valence-electron chi connectivity index (χ1n) is 5.33. The molecule has 15 heavy (non-hydrogen) atoms. The smallest absolute Gasteiger partial charge is 0.255 e. The van der Waals surface area contributed by atoms with E-state index in [0.29, 0.717) is 6.42 Å². The van der Waals surface area contributed by atoms with Gasteiger partial charge in [-0.15, -0.1) is 0 Å². The zero-order valence-corrected chi connectivity index (χ0v) is 9.67. The van der Waals surface area contributed by atoms with Crippen molar-refractivity contribution in [3.8, 4) is 0 Å². The van der Waals surface area contributed by atoms with E-state index in [1.54, 1.807) is 0 Å². The maximum atomic E-state index is 11.3. The Labute approximate surface area is 90.8 Å². The highest BCUT2D eigenvalue weighted by molar-refractivity contribution is 5.85. The molecule has 0 radical (unpaired) electrons. The molecule has 88 valence electrons. The lowest BCUT2D eigenvalue weighted by Crippen LogP contribution is -2.51. The normalized spacial score (nSPS) is 12.3. The number of hydrazine groups is 1. The number of hydrogen-bond acceptors (Lipinski definition) is 3. The van der Waals surface area contributed by atoms with Crippen LogP contribution in [-0.4, -0.2) is 17.9 Å². The molecule has 0 saturated heterocycles. The molecule has 2 amide bonds. The Kier molecular flexibility index (Phi) is 6.70. The van der Waals surface area contributed by atoms with Crippen LogP contribution in [0.15, 0.2) is 0 Å². The predicted molar refractivity (Wildman–Crippen MR) is 58.6 cm³/mol. The first-order valence-corrected chi connectivity index (χ1v) is 5.33. The van der Waals surface area contributed by atoms with Gasteiger partial charge in [-0.3, -0.25) is 20.4 Å². The topological polar surface area (TPSA) is 84.2 Å². The van der Waals surface area contributed by atoms with Gasteiger partial charge in [-0.2, -0.15) is 0 Å². The number of nitrogens with two attached hydrogens (primary N) is 1. The standard InChI is InChI=1S/C10H21N3O2/c1-4-5-6-8(14)12-13-10(15)9(11)7(2)3/h7,9H,4-6,11H2,1-3H3,(H,12,14)(H,13,15)/t9-/m1/s1. The van der Waals surface area contributed by atoms with Crippen molar-refractivity contribution >= 4 is 11.8 Å². The number of rotatable bonds is 5. The Hall–Kier alpha value is -1.10. The van der Waals surface area contributed by atoms with Gasteiger partial charge < -0.3 is 5.73 Å². The quantitative estimate of drug-likeness (QED) is 0.577. The maximum absolute atomic E-state index is 11.3. The van der Waals surface area contributed by atoms with Crippen molar-refractivity contribution in [1.29, 1.82) is 0 Å². The van der Waals surface area contributed by atoms with E-state index in [1.165, 1.54) is 0 Å². The monoisotopic (exact) mass is 215 g/mol. The van der Waals surface area contributed by atoms with E-state index in [-0.39, 0.29) is 17.7 Å². The van der Waals surface area contributed by atoms with E-state index in [1.807, 2.05) is 20.8 Å². The number of amides is 2. The summed E-state index contributed by atoms with van der Waals surface area (Å²) in [4.78, 5) is 22.4. The SMILES string of the molecule is CCCCC(=O)NNC(=O)[C@H](N)C(C)C. The minimum absolute atomic E-state index is 0.0533. The van der Waals surface area contributed by atoms with Crippen LogP contribution in [0, 0.1) is 5.92 Å². The highest BCUT2D eigenvalue weighted by Crippen LogP contribution is 1.97. The van der Waals surface area contributed by atoms with Crippen LogP contribution in [0.2, 0.25) is 0 Å². The summed E-state index contributed by atoms with van der Waals surface area (Å²) in [6, 6.07) is -0.587. The maximum Gasteiger partial charge on any atom is 0.255 e. The zero-order chi connectivity index (χ0) is 11.8. The summed E-state index contributed by atoms with van der Waals surface area (Å²) in [6.45, 7) is 5.70. The van der Waals surface area contributed by atoms with Crippen molar-refractivity contribution in [1.82, 2.24) is 10.9 Å². The molecular formula is C10H21N3O2. The second kappa shape index (κ2) is 7.23. The molecule has 5 nitrogen and oxygen atoms in total. The van der Waals surface area contributed by atoms with Crippen LogP contribution in [0.3, 0.4) is 0 Å². The van der Waals surface area contributed by atoms with Crippen LogP contribution in [0.1, 0.15) is 40.0 Å². The molecule has 1 atom stereocenters. The molecule has 0 aliphatic heterocycles. The van der Waals surface area contributed by atoms with E-state index in [0.717, 1.165) is 12.8 Å². The fraction of sp³-hybridized carbons (Fsp3) is 0.800. The minimum Gasteiger partial charge on any atom is -0.320 e. The fourth-order valence-corrected chi connectivity index (χ4v) is 0.917. The summed E-state index contributed by atoms with van der Waals surface area (Å²) < 4.78 is 0. The van der Waals surface area contributed by atoms with Crippen LogP contribution in [0.25, 0.3) is 0 Å². The van der Waals surface area contributed by atoms with Crippen LogP contribution in [-0.2, 0) is 9.59 Å². The second-order valence-corrected chi connectivity index (χ2v) is 3.91. The predicted octanol–water partition coefficient (Wildman–Crippen LogP) is 0.307. The summed E-state index contributed by atoms with van der Waals surface area (Å²) in [5, 5.41) is 0. The van der Waals surface area contributed by atoms with Gasteiger partial charge in [0.15, 0.2) is 0 Å². The van der Waals surface area contributed by atoms with Gasteiger partial charge in [0.2, 0.25) is 5.91 Å². The van der Waals surface area contributed by atoms with Crippen LogP contribution >= 0.6 is 0 Å². The van der Waals surface area contributed by atoms with Crippen molar-refractivity contribution in [2.75, 3.05) is 0 Å². The molecular weight excluding hydrogens is 194 g/mol. The van der Waals surface area contributed by atoms with Gasteiger partial charge in [0.05, 0.1) is 6.04 Å². The van der Waals surface area contributed by atoms with E-state index in [4.69, 9.17) is 5.73 Å². The first kappa shape index (κ1) is 13.9. The molecule has 0 fully saturated rings. The van der Waals surface area contributed by atoms with Gasteiger partial charge in [-0.05, 0) is 12.3 Å². The zero-order valence-electron chi connectivity index (χ0n) is 9.67. The van der Waals surface area contributed by atoms with Crippen LogP contribution < -0.4 is 16.6 Å². The Balaban J connectivity index is 3.75. The number of carbonyl (C=O) groups excluding carboxylic acids is 2. The third-order valence-corrected chi connectivity index (χ3v) is 2.10. The van der Waals surface area contributed by atoms with Crippen molar-refractivity contribution < 1.29 is 9.59 Å². The summed E-state index contributed by atoms with van der Waals surface area (Å²) in [5.41, 5.74) is 10.2. The van der Waals surface area contributed by atoms with Crippen molar-refractivity contribution in [2.24, 2.45) is 11.7 Å².